The van der Waals surface area contributed by atoms with Crippen LogP contribution in [-0.4, -0.2) is 31.3 Å². The lowest BCUT2D eigenvalue weighted by Crippen LogP contribution is -2.34. The maximum absolute atomic E-state index is 11.5. The number of benzene rings is 1. The molecular formula is C15H22BrNO3. The summed E-state index contributed by atoms with van der Waals surface area (Å²) >= 11 is 3.44. The zero-order chi connectivity index (χ0) is 15.1. The van der Waals surface area contributed by atoms with Crippen LogP contribution in [0, 0.1) is 11.8 Å². The first kappa shape index (κ1) is 17.0. The molecule has 1 amide bonds. The monoisotopic (exact) mass is 343 g/mol. The number of aliphatic hydroxyl groups excluding tert-OH is 1. The zero-order valence-electron chi connectivity index (χ0n) is 12.1. The summed E-state index contributed by atoms with van der Waals surface area (Å²) in [5, 5.41) is 12.3. The van der Waals surface area contributed by atoms with Gasteiger partial charge in [-0.25, -0.2) is 0 Å². The largest absolute Gasteiger partial charge is 0.496 e. The van der Waals surface area contributed by atoms with E-state index in [0.29, 0.717) is 13.0 Å². The number of methoxy groups -OCH3 is 1. The molecule has 4 nitrogen and oxygen atoms in total. The van der Waals surface area contributed by atoms with Gasteiger partial charge in [-0.3, -0.25) is 4.79 Å². The van der Waals surface area contributed by atoms with E-state index in [4.69, 9.17) is 4.74 Å². The molecule has 0 saturated carbocycles. The number of ether oxygens (including phenoxy) is 1. The normalized spacial score (nSPS) is 12.3. The molecule has 2 N–H and O–H groups in total. The van der Waals surface area contributed by atoms with E-state index in [9.17, 15) is 9.90 Å². The van der Waals surface area contributed by atoms with Gasteiger partial charge >= 0.3 is 0 Å². The summed E-state index contributed by atoms with van der Waals surface area (Å²) in [6, 6.07) is 5.84. The number of hydrogen-bond donors (Lipinski definition) is 2. The lowest BCUT2D eigenvalue weighted by atomic mass is 9.99. The Bertz CT molecular complexity index is 449. The van der Waals surface area contributed by atoms with Crippen LogP contribution in [0.2, 0.25) is 0 Å². The van der Waals surface area contributed by atoms with Gasteiger partial charge in [-0.15, -0.1) is 0 Å². The summed E-state index contributed by atoms with van der Waals surface area (Å²) in [5.41, 5.74) is 1.09. The Morgan fingerprint density at radius 3 is 2.65 bits per heavy atom. The Balaban J connectivity index is 2.60. The van der Waals surface area contributed by atoms with Crippen molar-refractivity contribution in [2.75, 3.05) is 20.3 Å². The SMILES string of the molecule is COc1ccc(C[C@H](CO)CNC(=O)C(C)C)cc1Br. The Labute approximate surface area is 128 Å². The minimum absolute atomic E-state index is 0.0120. The topological polar surface area (TPSA) is 58.6 Å². The van der Waals surface area contributed by atoms with Crippen LogP contribution in [0.15, 0.2) is 22.7 Å². The van der Waals surface area contributed by atoms with E-state index in [1.807, 2.05) is 32.0 Å². The van der Waals surface area contributed by atoms with Gasteiger partial charge in [0.25, 0.3) is 0 Å². The molecule has 5 heteroatoms. The van der Waals surface area contributed by atoms with Gasteiger partial charge in [0.15, 0.2) is 0 Å². The highest BCUT2D eigenvalue weighted by molar-refractivity contribution is 9.10. The maximum Gasteiger partial charge on any atom is 0.222 e. The summed E-state index contributed by atoms with van der Waals surface area (Å²) < 4.78 is 6.07. The summed E-state index contributed by atoms with van der Waals surface area (Å²) in [5.74, 6) is 0.768. The van der Waals surface area contributed by atoms with E-state index in [0.717, 1.165) is 15.8 Å². The summed E-state index contributed by atoms with van der Waals surface area (Å²) in [6.07, 6.45) is 0.706. The highest BCUT2D eigenvalue weighted by Crippen LogP contribution is 2.26. The fourth-order valence-electron chi connectivity index (χ4n) is 1.82. The molecule has 0 aliphatic heterocycles. The van der Waals surface area contributed by atoms with Gasteiger partial charge in [0, 0.05) is 25.0 Å². The number of carbonyl (C=O) groups excluding carboxylic acids is 1. The van der Waals surface area contributed by atoms with Gasteiger partial charge in [-0.05, 0) is 40.0 Å². The predicted octanol–water partition coefficient (Wildman–Crippen LogP) is 2.38. The quantitative estimate of drug-likeness (QED) is 0.799. The van der Waals surface area contributed by atoms with Crippen molar-refractivity contribution in [2.24, 2.45) is 11.8 Å². The van der Waals surface area contributed by atoms with Crippen molar-refractivity contribution in [1.29, 1.82) is 0 Å². The first-order chi connectivity index (χ1) is 9.47. The number of aliphatic hydroxyl groups is 1. The van der Waals surface area contributed by atoms with E-state index in [2.05, 4.69) is 21.2 Å². The molecule has 0 heterocycles. The number of carbonyl (C=O) groups is 1. The molecule has 0 fully saturated rings. The van der Waals surface area contributed by atoms with Crippen molar-refractivity contribution >= 4 is 21.8 Å². The second-order valence-electron chi connectivity index (χ2n) is 5.12. The van der Waals surface area contributed by atoms with Crippen LogP contribution >= 0.6 is 15.9 Å². The minimum Gasteiger partial charge on any atom is -0.496 e. The van der Waals surface area contributed by atoms with Crippen molar-refractivity contribution in [3.63, 3.8) is 0 Å². The Kier molecular flexibility index (Phi) is 7.02. The summed E-state index contributed by atoms with van der Waals surface area (Å²) in [4.78, 5) is 11.5. The molecule has 112 valence electrons. The lowest BCUT2D eigenvalue weighted by Gasteiger charge is -2.16. The zero-order valence-corrected chi connectivity index (χ0v) is 13.7. The highest BCUT2D eigenvalue weighted by atomic mass is 79.9. The molecule has 1 rings (SSSR count). The first-order valence-corrected chi connectivity index (χ1v) is 7.48. The van der Waals surface area contributed by atoms with Crippen LogP contribution < -0.4 is 10.1 Å². The standard InChI is InChI=1S/C15H22BrNO3/c1-10(2)15(19)17-8-12(9-18)6-11-4-5-14(20-3)13(16)7-11/h4-5,7,10,12,18H,6,8-9H2,1-3H3,(H,17,19)/t12-/m0/s1. The molecule has 0 aliphatic rings. The van der Waals surface area contributed by atoms with Crippen molar-refractivity contribution in [3.8, 4) is 5.75 Å². The number of halogens is 1. The Hall–Kier alpha value is -1.07. The molecule has 1 aromatic carbocycles. The molecule has 1 atom stereocenters. The Morgan fingerprint density at radius 1 is 1.45 bits per heavy atom. The fourth-order valence-corrected chi connectivity index (χ4v) is 2.41. The van der Waals surface area contributed by atoms with Gasteiger partial charge < -0.3 is 15.2 Å². The van der Waals surface area contributed by atoms with E-state index >= 15 is 0 Å². The van der Waals surface area contributed by atoms with Crippen molar-refractivity contribution in [1.82, 2.24) is 5.32 Å². The van der Waals surface area contributed by atoms with Gasteiger partial charge in [-0.1, -0.05) is 19.9 Å². The molecule has 0 aliphatic carbocycles. The smallest absolute Gasteiger partial charge is 0.222 e. The predicted molar refractivity (Wildman–Crippen MR) is 82.8 cm³/mol. The van der Waals surface area contributed by atoms with E-state index in [1.54, 1.807) is 7.11 Å². The number of hydrogen-bond acceptors (Lipinski definition) is 3. The van der Waals surface area contributed by atoms with Crippen LogP contribution in [0.4, 0.5) is 0 Å². The Morgan fingerprint density at radius 2 is 2.15 bits per heavy atom. The van der Waals surface area contributed by atoms with Crippen molar-refractivity contribution < 1.29 is 14.6 Å². The molecule has 0 aromatic heterocycles. The third-order valence-corrected chi connectivity index (χ3v) is 3.71. The van der Waals surface area contributed by atoms with E-state index in [1.165, 1.54) is 0 Å². The molecular weight excluding hydrogens is 322 g/mol. The van der Waals surface area contributed by atoms with E-state index in [-0.39, 0.29) is 24.3 Å². The molecule has 0 spiro atoms. The fraction of sp³-hybridized carbons (Fsp3) is 0.533. The minimum atomic E-state index is -0.0375. The lowest BCUT2D eigenvalue weighted by molar-refractivity contribution is -0.124. The van der Waals surface area contributed by atoms with Crippen LogP contribution in [0.3, 0.4) is 0 Å². The average Bonchev–Trinajstić information content (AvgIpc) is 2.43. The van der Waals surface area contributed by atoms with Crippen molar-refractivity contribution in [2.45, 2.75) is 20.3 Å². The van der Waals surface area contributed by atoms with Crippen LogP contribution in [-0.2, 0) is 11.2 Å². The number of nitrogens with one attached hydrogen (secondary N) is 1. The number of amides is 1. The third kappa shape index (κ3) is 5.13. The second kappa shape index (κ2) is 8.27. The molecule has 1 aromatic rings. The van der Waals surface area contributed by atoms with Gasteiger partial charge in [0.2, 0.25) is 5.91 Å². The second-order valence-corrected chi connectivity index (χ2v) is 5.98. The molecule has 20 heavy (non-hydrogen) atoms. The molecule has 0 saturated heterocycles. The maximum atomic E-state index is 11.5. The first-order valence-electron chi connectivity index (χ1n) is 6.68. The van der Waals surface area contributed by atoms with Gasteiger partial charge in [0.05, 0.1) is 11.6 Å². The van der Waals surface area contributed by atoms with Crippen LogP contribution in [0.1, 0.15) is 19.4 Å². The van der Waals surface area contributed by atoms with E-state index < -0.39 is 0 Å². The average molecular weight is 344 g/mol. The van der Waals surface area contributed by atoms with Gasteiger partial charge in [-0.2, -0.15) is 0 Å². The number of rotatable bonds is 7. The van der Waals surface area contributed by atoms with Crippen molar-refractivity contribution in [3.05, 3.63) is 28.2 Å². The molecule has 0 radical (unpaired) electrons. The van der Waals surface area contributed by atoms with Crippen LogP contribution in [0.5, 0.6) is 5.75 Å². The molecule has 0 bridgehead atoms. The summed E-state index contributed by atoms with van der Waals surface area (Å²) in [7, 11) is 1.62. The molecule has 0 unspecified atom stereocenters. The van der Waals surface area contributed by atoms with Crippen LogP contribution in [0.25, 0.3) is 0 Å². The third-order valence-electron chi connectivity index (χ3n) is 3.09. The highest BCUT2D eigenvalue weighted by Gasteiger charge is 2.13. The summed E-state index contributed by atoms with van der Waals surface area (Å²) in [6.45, 7) is 4.23. The van der Waals surface area contributed by atoms with Gasteiger partial charge in [0.1, 0.15) is 5.75 Å².